The number of hydrogen-bond acceptors (Lipinski definition) is 4. The molecule has 11 aromatic rings. The highest BCUT2D eigenvalue weighted by molar-refractivity contribution is 7.25. The van der Waals surface area contributed by atoms with E-state index >= 15 is 0 Å². The molecule has 47 heavy (non-hydrogen) atoms. The van der Waals surface area contributed by atoms with Gasteiger partial charge in [-0.05, 0) is 57.9 Å². The molecule has 0 saturated carbocycles. The molecule has 0 spiro atoms. The van der Waals surface area contributed by atoms with Gasteiger partial charge in [-0.15, -0.1) is 11.3 Å². The largest absolute Gasteiger partial charge is 0.456 e. The highest BCUT2D eigenvalue weighted by Crippen LogP contribution is 2.43. The minimum atomic E-state index is 0.731. The first-order valence-corrected chi connectivity index (χ1v) is 16.6. The van der Waals surface area contributed by atoms with Gasteiger partial charge in [-0.2, -0.15) is 0 Å². The van der Waals surface area contributed by atoms with Gasteiger partial charge in [-0.25, -0.2) is 9.97 Å². The van der Waals surface area contributed by atoms with Crippen molar-refractivity contribution in [1.29, 1.82) is 0 Å². The maximum absolute atomic E-state index is 6.28. The predicted octanol–water partition coefficient (Wildman–Crippen LogP) is 11.8. The average Bonchev–Trinajstić information content (AvgIpc) is 3.79. The summed E-state index contributed by atoms with van der Waals surface area (Å²) in [5, 5.41) is 11.6. The number of fused-ring (bicyclic) bond motifs is 12. The van der Waals surface area contributed by atoms with Crippen LogP contribution in [-0.4, -0.2) is 14.5 Å². The fraction of sp³-hybridized carbons (Fsp3) is 0. The van der Waals surface area contributed by atoms with Crippen molar-refractivity contribution in [2.24, 2.45) is 0 Å². The summed E-state index contributed by atoms with van der Waals surface area (Å²) >= 11 is 1.73. The number of para-hydroxylation sites is 2. The van der Waals surface area contributed by atoms with E-state index in [9.17, 15) is 0 Å². The van der Waals surface area contributed by atoms with Crippen molar-refractivity contribution in [2.45, 2.75) is 0 Å². The van der Waals surface area contributed by atoms with E-state index < -0.39 is 0 Å². The predicted molar refractivity (Wildman–Crippen MR) is 197 cm³/mol. The van der Waals surface area contributed by atoms with Crippen LogP contribution in [0.4, 0.5) is 0 Å². The lowest BCUT2D eigenvalue weighted by Crippen LogP contribution is -2.02. The van der Waals surface area contributed by atoms with Crippen LogP contribution >= 0.6 is 11.3 Å². The van der Waals surface area contributed by atoms with E-state index in [1.165, 1.54) is 31.6 Å². The molecule has 0 unspecified atom stereocenters. The second-order valence-corrected chi connectivity index (χ2v) is 13.2. The van der Waals surface area contributed by atoms with Crippen LogP contribution < -0.4 is 0 Å². The van der Waals surface area contributed by atoms with E-state index in [1.807, 2.05) is 12.1 Å². The van der Waals surface area contributed by atoms with Crippen LogP contribution in [0.25, 0.3) is 103 Å². The van der Waals surface area contributed by atoms with Crippen molar-refractivity contribution < 1.29 is 4.42 Å². The third-order valence-corrected chi connectivity index (χ3v) is 10.7. The molecule has 4 nitrogen and oxygen atoms in total. The standard InChI is InChI=1S/C42H23N3OS/c1-2-12-26-24(10-1)11-9-16-28(26)40-43-41(39-30-15-5-8-19-37(30)47-42(39)44-40)45-33-17-6-3-14-29(33)38-31-23-32-27-13-4-7-18-35(27)46-36(32)22-25(31)20-21-34(38)45/h1-23H. The number of nitrogens with zero attached hydrogens (tertiary/aromatic N) is 3. The lowest BCUT2D eigenvalue weighted by molar-refractivity contribution is 0.669. The highest BCUT2D eigenvalue weighted by Gasteiger charge is 2.22. The van der Waals surface area contributed by atoms with Crippen molar-refractivity contribution in [3.8, 4) is 17.2 Å². The average molecular weight is 618 g/mol. The Balaban J connectivity index is 1.31. The fourth-order valence-electron chi connectivity index (χ4n) is 7.55. The van der Waals surface area contributed by atoms with Gasteiger partial charge in [-0.3, -0.25) is 4.57 Å². The van der Waals surface area contributed by atoms with Crippen molar-refractivity contribution >= 4 is 96.9 Å². The third-order valence-electron chi connectivity index (χ3n) is 9.61. The van der Waals surface area contributed by atoms with Crippen molar-refractivity contribution in [3.05, 3.63) is 140 Å². The van der Waals surface area contributed by atoms with Gasteiger partial charge >= 0.3 is 0 Å². The molecule has 5 heteroatoms. The summed E-state index contributed by atoms with van der Waals surface area (Å²) in [5.41, 5.74) is 5.08. The van der Waals surface area contributed by atoms with Crippen molar-refractivity contribution in [2.75, 3.05) is 0 Å². The van der Waals surface area contributed by atoms with Gasteiger partial charge in [0.1, 0.15) is 16.0 Å². The first kappa shape index (κ1) is 25.2. The Kier molecular flexibility index (Phi) is 4.96. The molecule has 0 atom stereocenters. The zero-order chi connectivity index (χ0) is 30.6. The lowest BCUT2D eigenvalue weighted by Gasteiger charge is -2.12. The summed E-state index contributed by atoms with van der Waals surface area (Å²) in [6, 6.07) is 49.4. The van der Waals surface area contributed by atoms with E-state index in [-0.39, 0.29) is 0 Å². The van der Waals surface area contributed by atoms with Gasteiger partial charge in [0.15, 0.2) is 11.6 Å². The van der Waals surface area contributed by atoms with E-state index in [0.717, 1.165) is 71.2 Å². The Morgan fingerprint density at radius 1 is 0.489 bits per heavy atom. The fourth-order valence-corrected chi connectivity index (χ4v) is 8.62. The van der Waals surface area contributed by atoms with Crippen LogP contribution in [0.1, 0.15) is 0 Å². The Morgan fingerprint density at radius 3 is 2.19 bits per heavy atom. The number of thiophene rings is 1. The minimum Gasteiger partial charge on any atom is -0.456 e. The summed E-state index contributed by atoms with van der Waals surface area (Å²) in [5.74, 6) is 1.63. The number of hydrogen-bond donors (Lipinski definition) is 0. The van der Waals surface area contributed by atoms with E-state index in [0.29, 0.717) is 0 Å². The minimum absolute atomic E-state index is 0.731. The second-order valence-electron chi connectivity index (χ2n) is 12.2. The molecular formula is C42H23N3OS. The zero-order valence-corrected chi connectivity index (χ0v) is 25.8. The van der Waals surface area contributed by atoms with Crippen LogP contribution in [0.5, 0.6) is 0 Å². The lowest BCUT2D eigenvalue weighted by atomic mass is 10.0. The monoisotopic (exact) mass is 617 g/mol. The second kappa shape index (κ2) is 9.25. The zero-order valence-electron chi connectivity index (χ0n) is 24.9. The Morgan fingerprint density at radius 2 is 1.26 bits per heavy atom. The van der Waals surface area contributed by atoms with Crippen LogP contribution in [-0.2, 0) is 0 Å². The van der Waals surface area contributed by atoms with Gasteiger partial charge in [0.25, 0.3) is 0 Å². The summed E-state index contributed by atoms with van der Waals surface area (Å²) in [6.07, 6.45) is 0. The molecule has 0 saturated heterocycles. The molecule has 0 bridgehead atoms. The van der Waals surface area contributed by atoms with Crippen molar-refractivity contribution in [3.63, 3.8) is 0 Å². The molecule has 0 amide bonds. The molecule has 0 aliphatic rings. The maximum atomic E-state index is 6.28. The van der Waals surface area contributed by atoms with Gasteiger partial charge < -0.3 is 4.42 Å². The summed E-state index contributed by atoms with van der Waals surface area (Å²) in [6.45, 7) is 0. The van der Waals surface area contributed by atoms with Crippen LogP contribution in [0.15, 0.2) is 144 Å². The first-order chi connectivity index (χ1) is 23.3. The highest BCUT2D eigenvalue weighted by atomic mass is 32.1. The smallest absolute Gasteiger partial charge is 0.163 e. The first-order valence-electron chi connectivity index (χ1n) is 15.8. The number of rotatable bonds is 2. The molecular weight excluding hydrogens is 595 g/mol. The molecule has 0 aliphatic heterocycles. The van der Waals surface area contributed by atoms with Crippen molar-refractivity contribution in [1.82, 2.24) is 14.5 Å². The topological polar surface area (TPSA) is 43.9 Å². The molecule has 0 radical (unpaired) electrons. The molecule has 11 rings (SSSR count). The number of benzene rings is 7. The van der Waals surface area contributed by atoms with Crippen LogP contribution in [0.3, 0.4) is 0 Å². The van der Waals surface area contributed by atoms with E-state index in [4.69, 9.17) is 14.4 Å². The Bertz CT molecular complexity index is 3090. The van der Waals surface area contributed by atoms with Crippen LogP contribution in [0, 0.1) is 0 Å². The molecule has 0 aliphatic carbocycles. The Hall–Kier alpha value is -6.04. The molecule has 0 fully saturated rings. The van der Waals surface area contributed by atoms with Crippen LogP contribution in [0.2, 0.25) is 0 Å². The molecule has 7 aromatic carbocycles. The van der Waals surface area contributed by atoms with E-state index in [2.05, 4.69) is 132 Å². The van der Waals surface area contributed by atoms with Gasteiger partial charge in [0.05, 0.1) is 16.4 Å². The normalized spacial score (nSPS) is 12.3. The Labute approximate surface area is 271 Å². The number of aromatic nitrogens is 3. The quantitative estimate of drug-likeness (QED) is 0.194. The summed E-state index contributed by atoms with van der Waals surface area (Å²) in [4.78, 5) is 11.7. The molecule has 4 heterocycles. The van der Waals surface area contributed by atoms with Gasteiger partial charge in [0, 0.05) is 37.2 Å². The third kappa shape index (κ3) is 3.46. The SMILES string of the molecule is c1ccc2c(-c3nc(-n4c5ccccc5c5c6cc7c(cc6ccc54)oc4ccccc47)c4c(n3)sc3ccccc34)cccc2c1. The number of furan rings is 1. The maximum Gasteiger partial charge on any atom is 0.163 e. The van der Waals surface area contributed by atoms with E-state index in [1.54, 1.807) is 11.3 Å². The molecule has 0 N–H and O–H groups in total. The summed E-state index contributed by atoms with van der Waals surface area (Å²) < 4.78 is 9.84. The van der Waals surface area contributed by atoms with Gasteiger partial charge in [-0.1, -0.05) is 103 Å². The van der Waals surface area contributed by atoms with Gasteiger partial charge in [0.2, 0.25) is 0 Å². The molecule has 4 aromatic heterocycles. The molecule has 218 valence electrons. The summed E-state index contributed by atoms with van der Waals surface area (Å²) in [7, 11) is 0.